The second-order valence-electron chi connectivity index (χ2n) is 5.43. The minimum absolute atomic E-state index is 0.301. The number of piperidine rings is 1. The first-order valence-electron chi connectivity index (χ1n) is 7.19. The van der Waals surface area contributed by atoms with Crippen molar-refractivity contribution >= 4 is 5.91 Å². The first-order chi connectivity index (χ1) is 9.19. The summed E-state index contributed by atoms with van der Waals surface area (Å²) in [5.74, 6) is 0.301. The summed E-state index contributed by atoms with van der Waals surface area (Å²) in [6, 6.07) is 9.04. The van der Waals surface area contributed by atoms with Gasteiger partial charge in [0.25, 0.3) is 0 Å². The van der Waals surface area contributed by atoms with Crippen molar-refractivity contribution in [3.05, 3.63) is 35.4 Å². The van der Waals surface area contributed by atoms with E-state index in [4.69, 9.17) is 0 Å². The number of aryl methyl sites for hydroxylation is 2. The molecule has 3 heteroatoms. The van der Waals surface area contributed by atoms with E-state index in [1.54, 1.807) is 0 Å². The summed E-state index contributed by atoms with van der Waals surface area (Å²) < 4.78 is 0. The SMILES string of the molecule is CNC1CCN(C(=O)CCc2ccc(C)cc2)CC1. The van der Waals surface area contributed by atoms with E-state index in [9.17, 15) is 4.79 Å². The maximum absolute atomic E-state index is 12.1. The molecule has 1 aliphatic rings. The highest BCUT2D eigenvalue weighted by molar-refractivity contribution is 5.76. The highest BCUT2D eigenvalue weighted by Gasteiger charge is 2.21. The minimum atomic E-state index is 0.301. The van der Waals surface area contributed by atoms with Crippen LogP contribution in [0.4, 0.5) is 0 Å². The van der Waals surface area contributed by atoms with Crippen molar-refractivity contribution in [1.82, 2.24) is 10.2 Å². The van der Waals surface area contributed by atoms with Crippen LogP contribution in [-0.2, 0) is 11.2 Å². The molecule has 2 rings (SSSR count). The highest BCUT2D eigenvalue weighted by Crippen LogP contribution is 2.13. The van der Waals surface area contributed by atoms with Gasteiger partial charge in [0.15, 0.2) is 0 Å². The normalized spacial score (nSPS) is 16.6. The first-order valence-corrected chi connectivity index (χ1v) is 7.19. The Labute approximate surface area is 116 Å². The standard InChI is InChI=1S/C16H24N2O/c1-13-3-5-14(6-4-13)7-8-16(19)18-11-9-15(17-2)10-12-18/h3-6,15,17H,7-12H2,1-2H3. The molecule has 19 heavy (non-hydrogen) atoms. The molecule has 0 aromatic heterocycles. The van der Waals surface area contributed by atoms with Gasteiger partial charge in [0, 0.05) is 25.6 Å². The predicted molar refractivity (Wildman–Crippen MR) is 78.2 cm³/mol. The Morgan fingerprint density at radius 2 is 1.89 bits per heavy atom. The zero-order valence-corrected chi connectivity index (χ0v) is 12.0. The van der Waals surface area contributed by atoms with E-state index in [-0.39, 0.29) is 0 Å². The number of hydrogen-bond donors (Lipinski definition) is 1. The predicted octanol–water partition coefficient (Wildman–Crippen LogP) is 2.14. The molecule has 1 aliphatic heterocycles. The maximum atomic E-state index is 12.1. The zero-order valence-electron chi connectivity index (χ0n) is 12.0. The molecule has 0 radical (unpaired) electrons. The van der Waals surface area contributed by atoms with Crippen LogP contribution in [0.1, 0.15) is 30.4 Å². The molecule has 3 nitrogen and oxygen atoms in total. The van der Waals surface area contributed by atoms with Gasteiger partial charge in [-0.3, -0.25) is 4.79 Å². The van der Waals surface area contributed by atoms with Crippen LogP contribution in [0.5, 0.6) is 0 Å². The van der Waals surface area contributed by atoms with Crippen molar-refractivity contribution in [2.45, 2.75) is 38.6 Å². The molecule has 0 saturated carbocycles. The lowest BCUT2D eigenvalue weighted by atomic mass is 10.0. The van der Waals surface area contributed by atoms with Crippen molar-refractivity contribution in [2.24, 2.45) is 0 Å². The molecule has 1 fully saturated rings. The van der Waals surface area contributed by atoms with Crippen molar-refractivity contribution in [2.75, 3.05) is 20.1 Å². The van der Waals surface area contributed by atoms with E-state index in [2.05, 4.69) is 36.5 Å². The fourth-order valence-electron chi connectivity index (χ4n) is 2.58. The van der Waals surface area contributed by atoms with Crippen LogP contribution >= 0.6 is 0 Å². The topological polar surface area (TPSA) is 32.3 Å². The third-order valence-corrected chi connectivity index (χ3v) is 4.00. The number of likely N-dealkylation sites (tertiary alicyclic amines) is 1. The summed E-state index contributed by atoms with van der Waals surface area (Å²) >= 11 is 0. The van der Waals surface area contributed by atoms with Crippen molar-refractivity contribution < 1.29 is 4.79 Å². The Hall–Kier alpha value is -1.35. The molecule has 1 amide bonds. The Bertz CT molecular complexity index is 405. The average molecular weight is 260 g/mol. The van der Waals surface area contributed by atoms with Crippen molar-refractivity contribution in [3.63, 3.8) is 0 Å². The third-order valence-electron chi connectivity index (χ3n) is 4.00. The van der Waals surface area contributed by atoms with Crippen LogP contribution in [0.25, 0.3) is 0 Å². The van der Waals surface area contributed by atoms with Gasteiger partial charge in [-0.1, -0.05) is 29.8 Å². The van der Waals surface area contributed by atoms with Gasteiger partial charge in [0.2, 0.25) is 5.91 Å². The van der Waals surface area contributed by atoms with Crippen LogP contribution in [-0.4, -0.2) is 37.0 Å². The van der Waals surface area contributed by atoms with Gasteiger partial charge in [-0.25, -0.2) is 0 Å². The van der Waals surface area contributed by atoms with Crippen LogP contribution in [0.2, 0.25) is 0 Å². The smallest absolute Gasteiger partial charge is 0.222 e. The van der Waals surface area contributed by atoms with E-state index in [1.165, 1.54) is 11.1 Å². The van der Waals surface area contributed by atoms with Crippen LogP contribution in [0, 0.1) is 6.92 Å². The Morgan fingerprint density at radius 3 is 2.47 bits per heavy atom. The lowest BCUT2D eigenvalue weighted by molar-refractivity contribution is -0.132. The van der Waals surface area contributed by atoms with Gasteiger partial charge in [-0.2, -0.15) is 0 Å². The number of rotatable bonds is 4. The number of hydrogen-bond acceptors (Lipinski definition) is 2. The van der Waals surface area contributed by atoms with Crippen LogP contribution in [0.15, 0.2) is 24.3 Å². The fraction of sp³-hybridized carbons (Fsp3) is 0.562. The lowest BCUT2D eigenvalue weighted by Crippen LogP contribution is -2.44. The van der Waals surface area contributed by atoms with E-state index in [1.807, 2.05) is 11.9 Å². The summed E-state index contributed by atoms with van der Waals surface area (Å²) in [6.45, 7) is 3.89. The number of nitrogens with one attached hydrogen (secondary N) is 1. The molecule has 0 aliphatic carbocycles. The van der Waals surface area contributed by atoms with Crippen LogP contribution < -0.4 is 5.32 Å². The second-order valence-corrected chi connectivity index (χ2v) is 5.43. The molecule has 1 aromatic carbocycles. The molecular weight excluding hydrogens is 236 g/mol. The molecule has 104 valence electrons. The van der Waals surface area contributed by atoms with Gasteiger partial charge in [0.05, 0.1) is 0 Å². The van der Waals surface area contributed by atoms with Crippen molar-refractivity contribution in [3.8, 4) is 0 Å². The second kappa shape index (κ2) is 6.71. The number of carbonyl (C=O) groups excluding carboxylic acids is 1. The minimum Gasteiger partial charge on any atom is -0.343 e. The van der Waals surface area contributed by atoms with Crippen molar-refractivity contribution in [1.29, 1.82) is 0 Å². The Balaban J connectivity index is 1.77. The van der Waals surface area contributed by atoms with E-state index in [0.717, 1.165) is 32.4 Å². The molecule has 0 unspecified atom stereocenters. The molecule has 0 spiro atoms. The molecule has 1 N–H and O–H groups in total. The zero-order chi connectivity index (χ0) is 13.7. The van der Waals surface area contributed by atoms with E-state index < -0.39 is 0 Å². The average Bonchev–Trinajstić information content (AvgIpc) is 2.46. The molecule has 0 atom stereocenters. The summed E-state index contributed by atoms with van der Waals surface area (Å²) in [4.78, 5) is 14.2. The van der Waals surface area contributed by atoms with Crippen LogP contribution in [0.3, 0.4) is 0 Å². The largest absolute Gasteiger partial charge is 0.343 e. The molecule has 1 heterocycles. The molecule has 0 bridgehead atoms. The van der Waals surface area contributed by atoms with E-state index >= 15 is 0 Å². The number of carbonyl (C=O) groups is 1. The molecule has 1 saturated heterocycles. The fourth-order valence-corrected chi connectivity index (χ4v) is 2.58. The van der Waals surface area contributed by atoms with E-state index in [0.29, 0.717) is 18.4 Å². The molecule has 1 aromatic rings. The number of benzene rings is 1. The van der Waals surface area contributed by atoms with Gasteiger partial charge in [-0.05, 0) is 38.8 Å². The summed E-state index contributed by atoms with van der Waals surface area (Å²) in [5.41, 5.74) is 2.52. The Kier molecular flexibility index (Phi) is 4.97. The van der Waals surface area contributed by atoms with Gasteiger partial charge in [-0.15, -0.1) is 0 Å². The van der Waals surface area contributed by atoms with Gasteiger partial charge < -0.3 is 10.2 Å². The number of amides is 1. The quantitative estimate of drug-likeness (QED) is 0.899. The summed E-state index contributed by atoms with van der Waals surface area (Å²) in [7, 11) is 2.00. The first kappa shape index (κ1) is 14.1. The summed E-state index contributed by atoms with van der Waals surface area (Å²) in [6.07, 6.45) is 3.64. The lowest BCUT2D eigenvalue weighted by Gasteiger charge is -2.31. The van der Waals surface area contributed by atoms with Gasteiger partial charge in [0.1, 0.15) is 0 Å². The highest BCUT2D eigenvalue weighted by atomic mass is 16.2. The number of nitrogens with zero attached hydrogens (tertiary/aromatic N) is 1. The summed E-state index contributed by atoms with van der Waals surface area (Å²) in [5, 5.41) is 3.29. The van der Waals surface area contributed by atoms with Gasteiger partial charge >= 0.3 is 0 Å². The maximum Gasteiger partial charge on any atom is 0.222 e. The molecular formula is C16H24N2O. The Morgan fingerprint density at radius 1 is 1.26 bits per heavy atom. The monoisotopic (exact) mass is 260 g/mol. The third kappa shape index (κ3) is 4.06.